The zero-order valence-corrected chi connectivity index (χ0v) is 25.6. The summed E-state index contributed by atoms with van der Waals surface area (Å²) in [6.45, 7) is 4.41. The minimum atomic E-state index is -3.38. The van der Waals surface area contributed by atoms with Crippen LogP contribution in [-0.2, 0) is 19.7 Å². The predicted octanol–water partition coefficient (Wildman–Crippen LogP) is 9.31. The van der Waals surface area contributed by atoms with Crippen molar-refractivity contribution in [2.75, 3.05) is 11.5 Å². The van der Waals surface area contributed by atoms with Crippen LogP contribution in [0, 0.1) is 0 Å². The van der Waals surface area contributed by atoms with Crippen LogP contribution < -0.4 is 0 Å². The molecule has 0 unspecified atom stereocenters. The second-order valence-electron chi connectivity index (χ2n) is 9.85. The largest absolute Gasteiger partial charge is 0.224 e. The number of thiophene rings is 2. The lowest BCUT2D eigenvalue weighted by atomic mass is 10.1. The number of unbranched alkanes of at least 4 members (excludes halogenated alkanes) is 14. The van der Waals surface area contributed by atoms with Gasteiger partial charge < -0.3 is 0 Å². The minimum absolute atomic E-state index is 0.153. The highest BCUT2D eigenvalue weighted by Gasteiger charge is 2.23. The Morgan fingerprint density at radius 3 is 1.61 bits per heavy atom. The molecule has 0 saturated carbocycles. The molecule has 2 heterocycles. The Labute approximate surface area is 228 Å². The topological polar surface area (TPSA) is 68.3 Å². The minimum Gasteiger partial charge on any atom is -0.224 e. The monoisotopic (exact) mass is 574 g/mol. The van der Waals surface area contributed by atoms with Crippen LogP contribution in [0.4, 0.5) is 0 Å². The maximum absolute atomic E-state index is 13.0. The van der Waals surface area contributed by atoms with E-state index in [-0.39, 0.29) is 11.5 Å². The van der Waals surface area contributed by atoms with E-state index in [9.17, 15) is 16.8 Å². The van der Waals surface area contributed by atoms with E-state index in [1.54, 1.807) is 22.9 Å². The van der Waals surface area contributed by atoms with E-state index >= 15 is 0 Å². The average molecular weight is 575 g/mol. The lowest BCUT2D eigenvalue weighted by Gasteiger charge is -2.06. The zero-order chi connectivity index (χ0) is 26.3. The van der Waals surface area contributed by atoms with Crippen molar-refractivity contribution >= 4 is 42.3 Å². The van der Waals surface area contributed by atoms with Gasteiger partial charge in [-0.15, -0.1) is 22.7 Å². The van der Waals surface area contributed by atoms with Gasteiger partial charge in [0.25, 0.3) is 0 Å². The first-order chi connectivity index (χ1) is 17.3. The molecule has 0 atom stereocenters. The summed E-state index contributed by atoms with van der Waals surface area (Å²) >= 11 is 2.70. The number of rotatable bonds is 21. The van der Waals surface area contributed by atoms with Crippen molar-refractivity contribution in [2.24, 2.45) is 0 Å². The molecule has 2 aromatic rings. The Bertz CT molecular complexity index is 1060. The normalized spacial score (nSPS) is 12.4. The number of hydrogen-bond donors (Lipinski definition) is 0. The molecule has 8 heteroatoms. The van der Waals surface area contributed by atoms with Crippen LogP contribution in [0.5, 0.6) is 0 Å². The third-order valence-electron chi connectivity index (χ3n) is 6.66. The summed E-state index contributed by atoms with van der Waals surface area (Å²) in [6, 6.07) is 3.35. The summed E-state index contributed by atoms with van der Waals surface area (Å²) in [7, 11) is -6.73. The van der Waals surface area contributed by atoms with Crippen LogP contribution in [0.2, 0.25) is 0 Å². The molecule has 0 aliphatic carbocycles. The zero-order valence-electron chi connectivity index (χ0n) is 22.3. The van der Waals surface area contributed by atoms with Gasteiger partial charge >= 0.3 is 0 Å². The van der Waals surface area contributed by atoms with Gasteiger partial charge in [0, 0.05) is 10.3 Å². The fraction of sp³-hybridized carbons (Fsp3) is 0.714. The van der Waals surface area contributed by atoms with Crippen LogP contribution >= 0.6 is 22.7 Å². The van der Waals surface area contributed by atoms with Gasteiger partial charge in [0.05, 0.1) is 26.2 Å². The summed E-state index contributed by atoms with van der Waals surface area (Å²) in [5.41, 5.74) is 0. The highest BCUT2D eigenvalue weighted by Crippen LogP contribution is 2.38. The third-order valence-corrected chi connectivity index (χ3v) is 12.6. The van der Waals surface area contributed by atoms with Crippen LogP contribution in [0.15, 0.2) is 32.7 Å². The first kappa shape index (κ1) is 31.5. The Morgan fingerprint density at radius 2 is 1.08 bits per heavy atom. The van der Waals surface area contributed by atoms with E-state index in [4.69, 9.17) is 0 Å². The van der Waals surface area contributed by atoms with Gasteiger partial charge in [0.2, 0.25) is 0 Å². The van der Waals surface area contributed by atoms with Crippen molar-refractivity contribution in [1.82, 2.24) is 0 Å². The number of sulfone groups is 2. The standard InChI is InChI=1S/C28H46O4S4/c1-3-5-7-9-11-13-15-17-21-35(29,30)25-23-26(34-24-25)28-27(19-20-33-28)36(31,32)22-18-16-14-12-10-8-6-4-2/h19-20,23-24H,3-18,21-22H2,1-2H3. The number of hydrogen-bond acceptors (Lipinski definition) is 6. The van der Waals surface area contributed by atoms with Gasteiger partial charge in [-0.2, -0.15) is 0 Å². The van der Waals surface area contributed by atoms with Gasteiger partial charge in [-0.25, -0.2) is 16.8 Å². The highest BCUT2D eigenvalue weighted by atomic mass is 32.2. The molecule has 0 spiro atoms. The molecule has 0 fully saturated rings. The molecule has 0 bridgehead atoms. The molecule has 36 heavy (non-hydrogen) atoms. The Kier molecular flexibility index (Phi) is 14.9. The van der Waals surface area contributed by atoms with Crippen molar-refractivity contribution < 1.29 is 16.8 Å². The Morgan fingerprint density at radius 1 is 0.611 bits per heavy atom. The highest BCUT2D eigenvalue weighted by molar-refractivity contribution is 7.92. The van der Waals surface area contributed by atoms with Gasteiger partial charge in [0.15, 0.2) is 19.7 Å². The molecule has 0 amide bonds. The van der Waals surface area contributed by atoms with Gasteiger partial charge in [-0.05, 0) is 30.4 Å². The van der Waals surface area contributed by atoms with E-state index in [1.807, 2.05) is 0 Å². The lowest BCUT2D eigenvalue weighted by molar-refractivity contribution is 0.572. The summed E-state index contributed by atoms with van der Waals surface area (Å²) in [5, 5.41) is 3.47. The molecule has 4 nitrogen and oxygen atoms in total. The molecule has 206 valence electrons. The predicted molar refractivity (Wildman–Crippen MR) is 157 cm³/mol. The van der Waals surface area contributed by atoms with E-state index in [0.717, 1.165) is 30.6 Å². The first-order valence-corrected chi connectivity index (χ1v) is 19.0. The molecule has 0 aliphatic heterocycles. The van der Waals surface area contributed by atoms with Crippen molar-refractivity contribution in [3.63, 3.8) is 0 Å². The molecule has 0 N–H and O–H groups in total. The summed E-state index contributed by atoms with van der Waals surface area (Å²) in [5.74, 6) is 0.312. The van der Waals surface area contributed by atoms with Gasteiger partial charge in [-0.3, -0.25) is 0 Å². The molecule has 0 radical (unpaired) electrons. The van der Waals surface area contributed by atoms with E-state index in [1.165, 1.54) is 86.9 Å². The smallest absolute Gasteiger partial charge is 0.179 e. The molecule has 2 rings (SSSR count). The van der Waals surface area contributed by atoms with E-state index in [0.29, 0.717) is 27.5 Å². The quantitative estimate of drug-likeness (QED) is 0.139. The van der Waals surface area contributed by atoms with E-state index < -0.39 is 19.7 Å². The van der Waals surface area contributed by atoms with Crippen molar-refractivity contribution in [3.8, 4) is 9.75 Å². The first-order valence-electron chi connectivity index (χ1n) is 13.9. The van der Waals surface area contributed by atoms with Crippen LogP contribution in [0.25, 0.3) is 9.75 Å². The fourth-order valence-corrected chi connectivity index (χ4v) is 10.2. The van der Waals surface area contributed by atoms with Crippen LogP contribution in [0.3, 0.4) is 0 Å². The molecular weight excluding hydrogens is 529 g/mol. The molecule has 0 saturated heterocycles. The second-order valence-corrected chi connectivity index (χ2v) is 15.9. The van der Waals surface area contributed by atoms with Gasteiger partial charge in [-0.1, -0.05) is 104 Å². The maximum Gasteiger partial charge on any atom is 0.179 e. The van der Waals surface area contributed by atoms with Gasteiger partial charge in [0.1, 0.15) is 0 Å². The van der Waals surface area contributed by atoms with Crippen LogP contribution in [0.1, 0.15) is 117 Å². The Hall–Kier alpha value is -0.700. The van der Waals surface area contributed by atoms with Crippen molar-refractivity contribution in [3.05, 3.63) is 22.9 Å². The average Bonchev–Trinajstić information content (AvgIpc) is 3.53. The summed E-state index contributed by atoms with van der Waals surface area (Å²) in [6.07, 6.45) is 17.8. The van der Waals surface area contributed by atoms with Crippen molar-refractivity contribution in [1.29, 1.82) is 0 Å². The third kappa shape index (κ3) is 11.0. The lowest BCUT2D eigenvalue weighted by Crippen LogP contribution is -2.07. The summed E-state index contributed by atoms with van der Waals surface area (Å²) in [4.78, 5) is 2.08. The summed E-state index contributed by atoms with van der Waals surface area (Å²) < 4.78 is 51.8. The SMILES string of the molecule is CCCCCCCCCCS(=O)(=O)c1csc(-c2sccc2S(=O)(=O)CCCCCCCCCC)c1. The Balaban J connectivity index is 1.86. The fourth-order valence-electron chi connectivity index (χ4n) is 4.40. The maximum atomic E-state index is 13.0. The second kappa shape index (κ2) is 17.0. The molecular formula is C28H46O4S4. The van der Waals surface area contributed by atoms with E-state index in [2.05, 4.69) is 13.8 Å². The van der Waals surface area contributed by atoms with Crippen molar-refractivity contribution in [2.45, 2.75) is 126 Å². The molecule has 0 aromatic carbocycles. The molecule has 0 aliphatic rings. The molecule has 2 aromatic heterocycles. The van der Waals surface area contributed by atoms with Crippen LogP contribution in [-0.4, -0.2) is 28.3 Å².